The largest absolute Gasteiger partial charge is 0.459 e. The summed E-state index contributed by atoms with van der Waals surface area (Å²) in [5.74, 6) is -0.257. The first-order valence-corrected chi connectivity index (χ1v) is 7.36. The molecule has 0 spiro atoms. The highest BCUT2D eigenvalue weighted by atomic mass is 16.5. The Bertz CT molecular complexity index is 464. The number of hydrogen-bond donors (Lipinski definition) is 1. The summed E-state index contributed by atoms with van der Waals surface area (Å²) in [5, 5.41) is 0. The van der Waals surface area contributed by atoms with Crippen molar-refractivity contribution in [2.75, 3.05) is 24.7 Å². The van der Waals surface area contributed by atoms with Gasteiger partial charge >= 0.3 is 5.97 Å². The van der Waals surface area contributed by atoms with Crippen molar-refractivity contribution in [2.45, 2.75) is 44.6 Å². The fourth-order valence-electron chi connectivity index (χ4n) is 2.68. The normalized spacial score (nSPS) is 16.5. The fourth-order valence-corrected chi connectivity index (χ4v) is 2.68. The third kappa shape index (κ3) is 3.65. The topological polar surface area (TPSA) is 55.6 Å². The molecule has 0 bridgehead atoms. The fraction of sp³-hybridized carbons (Fsp3) is 0.562. The first-order chi connectivity index (χ1) is 9.58. The summed E-state index contributed by atoms with van der Waals surface area (Å²) in [5.41, 5.74) is 7.78. The SMILES string of the molecule is CN(C)c1ccc(N)cc1C(=O)OC1CCCCCC1. The second kappa shape index (κ2) is 6.64. The lowest BCUT2D eigenvalue weighted by molar-refractivity contribution is 0.0268. The Morgan fingerprint density at radius 3 is 2.45 bits per heavy atom. The van der Waals surface area contributed by atoms with Crippen LogP contribution in [-0.2, 0) is 4.74 Å². The van der Waals surface area contributed by atoms with E-state index in [-0.39, 0.29) is 12.1 Å². The van der Waals surface area contributed by atoms with Crippen LogP contribution < -0.4 is 10.6 Å². The summed E-state index contributed by atoms with van der Waals surface area (Å²) < 4.78 is 5.68. The molecule has 0 saturated heterocycles. The van der Waals surface area contributed by atoms with Crippen LogP contribution in [0.1, 0.15) is 48.9 Å². The Balaban J connectivity index is 2.13. The molecule has 0 radical (unpaired) electrons. The molecule has 0 amide bonds. The van der Waals surface area contributed by atoms with Crippen molar-refractivity contribution in [1.29, 1.82) is 0 Å². The average Bonchev–Trinajstić information content (AvgIpc) is 2.66. The van der Waals surface area contributed by atoms with Crippen LogP contribution in [0.5, 0.6) is 0 Å². The standard InChI is InChI=1S/C16H24N2O2/c1-18(2)15-10-9-12(17)11-14(15)16(19)20-13-7-5-3-4-6-8-13/h9-11,13H,3-8,17H2,1-2H3. The van der Waals surface area contributed by atoms with Crippen LogP contribution in [-0.4, -0.2) is 26.2 Å². The second-order valence-corrected chi connectivity index (χ2v) is 5.69. The van der Waals surface area contributed by atoms with Crippen molar-refractivity contribution in [3.8, 4) is 0 Å². The molecule has 110 valence electrons. The first kappa shape index (κ1) is 14.7. The number of esters is 1. The number of anilines is 2. The van der Waals surface area contributed by atoms with Gasteiger partial charge in [-0.2, -0.15) is 0 Å². The summed E-state index contributed by atoms with van der Waals surface area (Å²) in [7, 11) is 3.82. The third-order valence-electron chi connectivity index (χ3n) is 3.80. The highest BCUT2D eigenvalue weighted by Crippen LogP contribution is 2.25. The van der Waals surface area contributed by atoms with E-state index in [1.54, 1.807) is 12.1 Å². The van der Waals surface area contributed by atoms with Crippen LogP contribution in [0.15, 0.2) is 18.2 Å². The molecule has 1 aliphatic carbocycles. The Morgan fingerprint density at radius 2 is 1.85 bits per heavy atom. The average molecular weight is 276 g/mol. The zero-order valence-corrected chi connectivity index (χ0v) is 12.4. The van der Waals surface area contributed by atoms with Crippen LogP contribution in [0, 0.1) is 0 Å². The van der Waals surface area contributed by atoms with E-state index in [0.717, 1.165) is 31.4 Å². The predicted molar refractivity (Wildman–Crippen MR) is 82.1 cm³/mol. The molecule has 2 rings (SSSR count). The van der Waals surface area contributed by atoms with E-state index < -0.39 is 0 Å². The van der Waals surface area contributed by atoms with Crippen LogP contribution in [0.25, 0.3) is 0 Å². The molecule has 20 heavy (non-hydrogen) atoms. The zero-order valence-electron chi connectivity index (χ0n) is 12.4. The molecule has 2 N–H and O–H groups in total. The maximum absolute atomic E-state index is 12.4. The van der Waals surface area contributed by atoms with Gasteiger partial charge in [-0.3, -0.25) is 0 Å². The van der Waals surface area contributed by atoms with Crippen molar-refractivity contribution in [3.63, 3.8) is 0 Å². The number of rotatable bonds is 3. The quantitative estimate of drug-likeness (QED) is 0.523. The van der Waals surface area contributed by atoms with Gasteiger partial charge in [0.05, 0.1) is 11.3 Å². The van der Waals surface area contributed by atoms with Gasteiger partial charge in [-0.1, -0.05) is 12.8 Å². The molecule has 4 nitrogen and oxygen atoms in total. The first-order valence-electron chi connectivity index (χ1n) is 7.36. The summed E-state index contributed by atoms with van der Waals surface area (Å²) in [6.07, 6.45) is 6.80. The van der Waals surface area contributed by atoms with Crippen molar-refractivity contribution in [2.24, 2.45) is 0 Å². The lowest BCUT2D eigenvalue weighted by Gasteiger charge is -2.20. The minimum atomic E-state index is -0.257. The molecular weight excluding hydrogens is 252 g/mol. The molecule has 1 fully saturated rings. The van der Waals surface area contributed by atoms with Gasteiger partial charge in [0.1, 0.15) is 6.10 Å². The number of benzene rings is 1. The number of ether oxygens (including phenoxy) is 1. The molecule has 1 aromatic rings. The molecule has 0 atom stereocenters. The van der Waals surface area contributed by atoms with Gasteiger partial charge < -0.3 is 15.4 Å². The molecule has 0 aliphatic heterocycles. The van der Waals surface area contributed by atoms with Gasteiger partial charge in [-0.25, -0.2) is 4.79 Å². The second-order valence-electron chi connectivity index (χ2n) is 5.69. The van der Waals surface area contributed by atoms with E-state index >= 15 is 0 Å². The molecule has 1 aliphatic rings. The Morgan fingerprint density at radius 1 is 1.20 bits per heavy atom. The van der Waals surface area contributed by atoms with E-state index in [0.29, 0.717) is 11.3 Å². The molecular formula is C16H24N2O2. The van der Waals surface area contributed by atoms with E-state index in [9.17, 15) is 4.79 Å². The van der Waals surface area contributed by atoms with Crippen molar-refractivity contribution < 1.29 is 9.53 Å². The lowest BCUT2D eigenvalue weighted by Crippen LogP contribution is -2.20. The molecule has 1 saturated carbocycles. The number of carbonyl (C=O) groups is 1. The van der Waals surface area contributed by atoms with Gasteiger partial charge in [0.2, 0.25) is 0 Å². The Hall–Kier alpha value is -1.71. The maximum Gasteiger partial charge on any atom is 0.340 e. The van der Waals surface area contributed by atoms with Gasteiger partial charge in [0, 0.05) is 19.8 Å². The Kier molecular flexibility index (Phi) is 4.88. The van der Waals surface area contributed by atoms with Crippen LogP contribution in [0.4, 0.5) is 11.4 Å². The summed E-state index contributed by atoms with van der Waals surface area (Å²) in [6.45, 7) is 0. The van der Waals surface area contributed by atoms with E-state index in [4.69, 9.17) is 10.5 Å². The molecule has 0 unspecified atom stereocenters. The highest BCUT2D eigenvalue weighted by Gasteiger charge is 2.20. The molecule has 0 heterocycles. The monoisotopic (exact) mass is 276 g/mol. The summed E-state index contributed by atoms with van der Waals surface area (Å²) in [6, 6.07) is 5.37. The number of nitrogens with zero attached hydrogens (tertiary/aromatic N) is 1. The molecule has 0 aromatic heterocycles. The van der Waals surface area contributed by atoms with E-state index in [2.05, 4.69) is 0 Å². The minimum absolute atomic E-state index is 0.0569. The number of nitrogens with two attached hydrogens (primary N) is 1. The lowest BCUT2D eigenvalue weighted by atomic mass is 10.1. The Labute approximate surface area is 120 Å². The third-order valence-corrected chi connectivity index (χ3v) is 3.80. The number of carbonyl (C=O) groups excluding carboxylic acids is 1. The van der Waals surface area contributed by atoms with Crippen LogP contribution >= 0.6 is 0 Å². The summed E-state index contributed by atoms with van der Waals surface area (Å²) >= 11 is 0. The van der Waals surface area contributed by atoms with Gasteiger partial charge in [0.15, 0.2) is 0 Å². The van der Waals surface area contributed by atoms with Crippen molar-refractivity contribution >= 4 is 17.3 Å². The predicted octanol–water partition coefficient (Wildman–Crippen LogP) is 3.21. The maximum atomic E-state index is 12.4. The van der Waals surface area contributed by atoms with Crippen LogP contribution in [0.2, 0.25) is 0 Å². The highest BCUT2D eigenvalue weighted by molar-refractivity contribution is 5.97. The van der Waals surface area contributed by atoms with Gasteiger partial charge in [0.25, 0.3) is 0 Å². The van der Waals surface area contributed by atoms with E-state index in [1.165, 1.54) is 12.8 Å². The van der Waals surface area contributed by atoms with Gasteiger partial charge in [-0.15, -0.1) is 0 Å². The summed E-state index contributed by atoms with van der Waals surface area (Å²) in [4.78, 5) is 14.3. The molecule has 1 aromatic carbocycles. The van der Waals surface area contributed by atoms with Gasteiger partial charge in [-0.05, 0) is 43.9 Å². The van der Waals surface area contributed by atoms with Crippen molar-refractivity contribution in [1.82, 2.24) is 0 Å². The number of hydrogen-bond acceptors (Lipinski definition) is 4. The molecule has 4 heteroatoms. The minimum Gasteiger partial charge on any atom is -0.459 e. The van der Waals surface area contributed by atoms with Crippen molar-refractivity contribution in [3.05, 3.63) is 23.8 Å². The van der Waals surface area contributed by atoms with E-state index in [1.807, 2.05) is 25.1 Å². The number of nitrogen functional groups attached to an aromatic ring is 1. The smallest absolute Gasteiger partial charge is 0.340 e. The van der Waals surface area contributed by atoms with Crippen LogP contribution in [0.3, 0.4) is 0 Å². The zero-order chi connectivity index (χ0) is 14.5.